The van der Waals surface area contributed by atoms with Gasteiger partial charge in [-0.1, -0.05) is 54.6 Å². The van der Waals surface area contributed by atoms with Crippen molar-refractivity contribution in [3.8, 4) is 5.75 Å². The Labute approximate surface area is 189 Å². The average Bonchev–Trinajstić information content (AvgIpc) is 2.79. The second-order valence-corrected chi connectivity index (χ2v) is 9.40. The molecular formula is C28H31NO3. The Bertz CT molecular complexity index is 1080. The van der Waals surface area contributed by atoms with E-state index in [4.69, 9.17) is 9.84 Å². The fraction of sp³-hybridized carbons (Fsp3) is 0.393. The molecule has 166 valence electrons. The van der Waals surface area contributed by atoms with E-state index < -0.39 is 5.97 Å². The monoisotopic (exact) mass is 429 g/mol. The van der Waals surface area contributed by atoms with Crippen LogP contribution in [-0.2, 0) is 4.79 Å². The number of ether oxygens (including phenoxy) is 1. The third kappa shape index (κ3) is 4.24. The van der Waals surface area contributed by atoms with Crippen molar-refractivity contribution in [2.75, 3.05) is 13.1 Å². The maximum absolute atomic E-state index is 11.1. The van der Waals surface area contributed by atoms with Crippen molar-refractivity contribution in [2.45, 2.75) is 50.7 Å². The highest BCUT2D eigenvalue weighted by molar-refractivity contribution is 5.89. The number of carboxylic acids is 1. The quantitative estimate of drug-likeness (QED) is 0.520. The molecule has 1 saturated heterocycles. The van der Waals surface area contributed by atoms with Gasteiger partial charge in [0.05, 0.1) is 12.0 Å². The van der Waals surface area contributed by atoms with E-state index in [1.165, 1.54) is 29.4 Å². The number of benzene rings is 3. The van der Waals surface area contributed by atoms with Crippen molar-refractivity contribution in [3.63, 3.8) is 0 Å². The molecule has 2 fully saturated rings. The van der Waals surface area contributed by atoms with Crippen LogP contribution in [0, 0.1) is 5.92 Å². The van der Waals surface area contributed by atoms with Crippen LogP contribution in [-0.4, -0.2) is 35.2 Å². The van der Waals surface area contributed by atoms with Gasteiger partial charge in [-0.25, -0.2) is 0 Å². The molecule has 1 unspecified atom stereocenters. The zero-order valence-electron chi connectivity index (χ0n) is 18.6. The van der Waals surface area contributed by atoms with Gasteiger partial charge < -0.3 is 9.84 Å². The maximum atomic E-state index is 11.1. The van der Waals surface area contributed by atoms with E-state index in [0.29, 0.717) is 19.0 Å². The Morgan fingerprint density at radius 3 is 2.44 bits per heavy atom. The van der Waals surface area contributed by atoms with Gasteiger partial charge in [0.2, 0.25) is 0 Å². The molecule has 3 aromatic rings. The first-order valence-electron chi connectivity index (χ1n) is 11.8. The first-order chi connectivity index (χ1) is 15.6. The van der Waals surface area contributed by atoms with Crippen molar-refractivity contribution in [1.82, 2.24) is 4.90 Å². The van der Waals surface area contributed by atoms with E-state index >= 15 is 0 Å². The highest BCUT2D eigenvalue weighted by Gasteiger charge is 2.35. The number of rotatable bonds is 6. The minimum absolute atomic E-state index is 0.216. The van der Waals surface area contributed by atoms with Gasteiger partial charge >= 0.3 is 5.97 Å². The lowest BCUT2D eigenvalue weighted by Gasteiger charge is -2.41. The standard InChI is InChI=1S/C28H31NO3/c1-19(29-17-24(18-29)28(30)31)22-12-15-26-23(16-22)8-5-9-27(26)32-25-13-10-21(11-14-25)20-6-3-2-4-7-20/h2-9,12,15-16,19,21,24-25H,10-11,13-14,17-18H2,1H3,(H,30,31). The summed E-state index contributed by atoms with van der Waals surface area (Å²) in [5.74, 6) is 0.705. The maximum Gasteiger partial charge on any atom is 0.309 e. The molecule has 1 aliphatic heterocycles. The van der Waals surface area contributed by atoms with E-state index in [9.17, 15) is 4.79 Å². The summed E-state index contributed by atoms with van der Waals surface area (Å²) in [5, 5.41) is 11.5. The van der Waals surface area contributed by atoms with E-state index in [2.05, 4.69) is 78.6 Å². The first kappa shape index (κ1) is 21.0. The van der Waals surface area contributed by atoms with Gasteiger partial charge in [0.15, 0.2) is 0 Å². The number of carboxylic acid groups (broad SMARTS) is 1. The van der Waals surface area contributed by atoms with Crippen LogP contribution in [0.2, 0.25) is 0 Å². The molecule has 4 heteroatoms. The van der Waals surface area contributed by atoms with Crippen LogP contribution >= 0.6 is 0 Å². The second kappa shape index (κ2) is 8.95. The zero-order valence-corrected chi connectivity index (χ0v) is 18.6. The normalized spacial score (nSPS) is 22.9. The summed E-state index contributed by atoms with van der Waals surface area (Å²) in [6, 6.07) is 23.9. The van der Waals surface area contributed by atoms with Crippen LogP contribution < -0.4 is 4.74 Å². The van der Waals surface area contributed by atoms with Gasteiger partial charge in [-0.05, 0) is 67.2 Å². The molecule has 1 N–H and O–H groups in total. The van der Waals surface area contributed by atoms with Gasteiger partial charge in [0.25, 0.3) is 0 Å². The smallest absolute Gasteiger partial charge is 0.309 e. The van der Waals surface area contributed by atoms with Gasteiger partial charge in [-0.3, -0.25) is 9.69 Å². The Hall–Kier alpha value is -2.85. The third-order valence-corrected chi connectivity index (χ3v) is 7.39. The Kier molecular flexibility index (Phi) is 5.88. The summed E-state index contributed by atoms with van der Waals surface area (Å²) in [7, 11) is 0. The molecule has 4 nitrogen and oxygen atoms in total. The van der Waals surface area contributed by atoms with E-state index in [1.54, 1.807) is 0 Å². The number of fused-ring (bicyclic) bond motifs is 1. The van der Waals surface area contributed by atoms with Crippen LogP contribution in [0.5, 0.6) is 5.75 Å². The van der Waals surface area contributed by atoms with Crippen LogP contribution in [0.4, 0.5) is 0 Å². The molecule has 5 rings (SSSR count). The fourth-order valence-electron chi connectivity index (χ4n) is 5.25. The Morgan fingerprint density at radius 2 is 1.72 bits per heavy atom. The summed E-state index contributed by atoms with van der Waals surface area (Å²) in [6.07, 6.45) is 4.80. The lowest BCUT2D eigenvalue weighted by atomic mass is 9.83. The van der Waals surface area contributed by atoms with E-state index in [0.717, 1.165) is 24.0 Å². The summed E-state index contributed by atoms with van der Waals surface area (Å²) in [6.45, 7) is 3.41. The second-order valence-electron chi connectivity index (χ2n) is 9.40. The van der Waals surface area contributed by atoms with Crippen molar-refractivity contribution >= 4 is 16.7 Å². The molecule has 0 amide bonds. The molecule has 2 aliphatic rings. The molecular weight excluding hydrogens is 398 g/mol. The van der Waals surface area contributed by atoms with Crippen molar-refractivity contribution in [2.24, 2.45) is 5.92 Å². The molecule has 1 aliphatic carbocycles. The predicted octanol–water partition coefficient (Wildman–Crippen LogP) is 6.02. The van der Waals surface area contributed by atoms with Crippen molar-refractivity contribution in [1.29, 1.82) is 0 Å². The van der Waals surface area contributed by atoms with Gasteiger partial charge in [-0.15, -0.1) is 0 Å². The molecule has 3 aromatic carbocycles. The summed E-state index contributed by atoms with van der Waals surface area (Å²) in [4.78, 5) is 13.3. The number of hydrogen-bond donors (Lipinski definition) is 1. The third-order valence-electron chi connectivity index (χ3n) is 7.39. The molecule has 1 atom stereocenters. The molecule has 0 aromatic heterocycles. The highest BCUT2D eigenvalue weighted by Crippen LogP contribution is 2.37. The molecule has 32 heavy (non-hydrogen) atoms. The number of aliphatic carboxylic acids is 1. The lowest BCUT2D eigenvalue weighted by Crippen LogP contribution is -2.51. The van der Waals surface area contributed by atoms with Crippen LogP contribution in [0.3, 0.4) is 0 Å². The van der Waals surface area contributed by atoms with Gasteiger partial charge in [0, 0.05) is 24.5 Å². The first-order valence-corrected chi connectivity index (χ1v) is 11.8. The Balaban J connectivity index is 1.25. The molecule has 0 bridgehead atoms. The number of carbonyl (C=O) groups is 1. The minimum Gasteiger partial charge on any atom is -0.490 e. The van der Waals surface area contributed by atoms with Crippen LogP contribution in [0.15, 0.2) is 66.7 Å². The predicted molar refractivity (Wildman–Crippen MR) is 127 cm³/mol. The number of likely N-dealkylation sites (tertiary alicyclic amines) is 1. The van der Waals surface area contributed by atoms with Crippen LogP contribution in [0.1, 0.15) is 55.7 Å². The number of nitrogens with zero attached hydrogens (tertiary/aromatic N) is 1. The molecule has 0 spiro atoms. The number of hydrogen-bond acceptors (Lipinski definition) is 3. The molecule has 1 heterocycles. The van der Waals surface area contributed by atoms with Crippen molar-refractivity contribution < 1.29 is 14.6 Å². The van der Waals surface area contributed by atoms with E-state index in [1.807, 2.05) is 0 Å². The fourth-order valence-corrected chi connectivity index (χ4v) is 5.25. The topological polar surface area (TPSA) is 49.8 Å². The minimum atomic E-state index is -0.688. The van der Waals surface area contributed by atoms with Crippen molar-refractivity contribution in [3.05, 3.63) is 77.9 Å². The largest absolute Gasteiger partial charge is 0.490 e. The lowest BCUT2D eigenvalue weighted by molar-refractivity contribution is -0.148. The van der Waals surface area contributed by atoms with Gasteiger partial charge in [0.1, 0.15) is 5.75 Å². The highest BCUT2D eigenvalue weighted by atomic mass is 16.5. The Morgan fingerprint density at radius 1 is 0.969 bits per heavy atom. The summed E-state index contributed by atoms with van der Waals surface area (Å²) in [5.41, 5.74) is 2.68. The summed E-state index contributed by atoms with van der Waals surface area (Å²) < 4.78 is 6.50. The van der Waals surface area contributed by atoms with E-state index in [-0.39, 0.29) is 18.1 Å². The molecule has 1 saturated carbocycles. The summed E-state index contributed by atoms with van der Waals surface area (Å²) >= 11 is 0. The van der Waals surface area contributed by atoms with Gasteiger partial charge in [-0.2, -0.15) is 0 Å². The average molecular weight is 430 g/mol. The molecule has 0 radical (unpaired) electrons. The SMILES string of the molecule is CC(c1ccc2c(OC3CCC(c4ccccc4)CC3)cccc2c1)N1CC(C(=O)O)C1. The van der Waals surface area contributed by atoms with Crippen LogP contribution in [0.25, 0.3) is 10.8 Å². The zero-order chi connectivity index (χ0) is 22.1.